The van der Waals surface area contributed by atoms with Gasteiger partial charge in [0.15, 0.2) is 5.78 Å². The van der Waals surface area contributed by atoms with E-state index in [4.69, 9.17) is 0 Å². The van der Waals surface area contributed by atoms with E-state index < -0.39 is 5.82 Å². The predicted octanol–water partition coefficient (Wildman–Crippen LogP) is 3.94. The summed E-state index contributed by atoms with van der Waals surface area (Å²) in [6, 6.07) is 16.4. The van der Waals surface area contributed by atoms with E-state index in [1.54, 1.807) is 15.5 Å². The maximum absolute atomic E-state index is 13.4. The number of carbonyl (C=O) groups is 2. The standard InChI is InChI=1S/C26H23FN4O3/c1-2-3-13-29-15-20-24(26(29)34)30(16-22(32)18-9-11-19(27)12-10-18)23-14-21(28-31(23)25(20)33)17-7-5-4-6-8-17/h4-12,14H,2-3,13,15-16H2,1H3. The van der Waals surface area contributed by atoms with Gasteiger partial charge in [-0.05, 0) is 30.7 Å². The molecule has 34 heavy (non-hydrogen) atoms. The van der Waals surface area contributed by atoms with Gasteiger partial charge >= 0.3 is 0 Å². The maximum Gasteiger partial charge on any atom is 0.280 e. The van der Waals surface area contributed by atoms with Crippen LogP contribution in [0, 0.1) is 5.82 Å². The van der Waals surface area contributed by atoms with E-state index in [1.807, 2.05) is 37.3 Å². The summed E-state index contributed by atoms with van der Waals surface area (Å²) in [6.45, 7) is 2.58. The minimum atomic E-state index is -0.437. The van der Waals surface area contributed by atoms with Gasteiger partial charge in [-0.3, -0.25) is 14.4 Å². The van der Waals surface area contributed by atoms with E-state index in [1.165, 1.54) is 28.8 Å². The molecule has 172 valence electrons. The molecule has 1 aliphatic rings. The molecule has 0 N–H and O–H groups in total. The lowest BCUT2D eigenvalue weighted by atomic mass is 10.1. The summed E-state index contributed by atoms with van der Waals surface area (Å²) in [5.41, 5.74) is 2.28. The molecular formula is C26H23FN4O3. The summed E-state index contributed by atoms with van der Waals surface area (Å²) in [6.07, 6.45) is 1.73. The average Bonchev–Trinajstić information content (AvgIpc) is 3.44. The van der Waals surface area contributed by atoms with Crippen LogP contribution in [-0.2, 0) is 13.1 Å². The summed E-state index contributed by atoms with van der Waals surface area (Å²) >= 11 is 0. The van der Waals surface area contributed by atoms with E-state index in [2.05, 4.69) is 5.10 Å². The van der Waals surface area contributed by atoms with E-state index in [9.17, 15) is 18.8 Å². The number of nitrogens with zero attached hydrogens (tertiary/aromatic N) is 4. The molecule has 0 aliphatic carbocycles. The molecule has 0 saturated heterocycles. The number of amides is 1. The number of benzene rings is 2. The van der Waals surface area contributed by atoms with Gasteiger partial charge < -0.3 is 9.47 Å². The zero-order chi connectivity index (χ0) is 23.8. The maximum atomic E-state index is 13.4. The summed E-state index contributed by atoms with van der Waals surface area (Å²) < 4.78 is 16.2. The van der Waals surface area contributed by atoms with Crippen molar-refractivity contribution >= 4 is 17.3 Å². The first kappa shape index (κ1) is 21.8. The largest absolute Gasteiger partial charge is 0.333 e. The predicted molar refractivity (Wildman–Crippen MR) is 125 cm³/mol. The van der Waals surface area contributed by atoms with Gasteiger partial charge in [-0.1, -0.05) is 43.7 Å². The van der Waals surface area contributed by atoms with Gasteiger partial charge in [0.2, 0.25) is 0 Å². The third-order valence-electron chi connectivity index (χ3n) is 6.13. The topological polar surface area (TPSA) is 76.7 Å². The van der Waals surface area contributed by atoms with Crippen LogP contribution >= 0.6 is 0 Å². The molecule has 0 bridgehead atoms. The van der Waals surface area contributed by atoms with Crippen LogP contribution in [0.15, 0.2) is 65.5 Å². The highest BCUT2D eigenvalue weighted by Gasteiger charge is 2.35. The number of hydrogen-bond donors (Lipinski definition) is 0. The van der Waals surface area contributed by atoms with Crippen molar-refractivity contribution in [1.29, 1.82) is 0 Å². The average molecular weight is 458 g/mol. The SMILES string of the molecule is CCCCN1Cc2c(n(CC(=O)c3ccc(F)cc3)c3cc(-c4ccccc4)nn3c2=O)C1=O. The Bertz CT molecular complexity index is 1460. The molecule has 5 rings (SSSR count). The van der Waals surface area contributed by atoms with E-state index in [0.29, 0.717) is 29.0 Å². The van der Waals surface area contributed by atoms with Gasteiger partial charge in [-0.2, -0.15) is 9.61 Å². The van der Waals surface area contributed by atoms with Crippen LogP contribution in [0.3, 0.4) is 0 Å². The highest BCUT2D eigenvalue weighted by atomic mass is 19.1. The fourth-order valence-electron chi connectivity index (χ4n) is 4.33. The van der Waals surface area contributed by atoms with E-state index in [0.717, 1.165) is 18.4 Å². The van der Waals surface area contributed by atoms with Gasteiger partial charge in [0.05, 0.1) is 24.3 Å². The zero-order valence-electron chi connectivity index (χ0n) is 18.7. The van der Waals surface area contributed by atoms with Crippen molar-refractivity contribution in [3.05, 3.63) is 93.7 Å². The molecule has 0 fully saturated rings. The van der Waals surface area contributed by atoms with Gasteiger partial charge in [0.25, 0.3) is 11.5 Å². The number of aromatic nitrogens is 3. The molecule has 2 aromatic heterocycles. The highest BCUT2D eigenvalue weighted by molar-refractivity contribution is 6.00. The Morgan fingerprint density at radius 2 is 1.79 bits per heavy atom. The Hall–Kier alpha value is -4.07. The number of Topliss-reactive ketones (excluding diaryl/α,β-unsaturated/α-hetero) is 1. The van der Waals surface area contributed by atoms with Crippen LogP contribution in [-0.4, -0.2) is 37.3 Å². The number of hydrogen-bond acceptors (Lipinski definition) is 4. The summed E-state index contributed by atoms with van der Waals surface area (Å²) in [5, 5.41) is 4.52. The van der Waals surface area contributed by atoms with Crippen molar-refractivity contribution in [3.8, 4) is 11.3 Å². The quantitative estimate of drug-likeness (QED) is 0.393. The van der Waals surface area contributed by atoms with Crippen molar-refractivity contribution in [2.75, 3.05) is 6.54 Å². The molecule has 0 spiro atoms. The Labute approximate surface area is 195 Å². The van der Waals surface area contributed by atoms with Crippen molar-refractivity contribution in [3.63, 3.8) is 0 Å². The Morgan fingerprint density at radius 1 is 1.06 bits per heavy atom. The Kier molecular flexibility index (Phi) is 5.57. The van der Waals surface area contributed by atoms with Gasteiger partial charge in [-0.25, -0.2) is 4.39 Å². The van der Waals surface area contributed by atoms with Crippen LogP contribution < -0.4 is 5.56 Å². The van der Waals surface area contributed by atoms with E-state index >= 15 is 0 Å². The fraction of sp³-hybridized carbons (Fsp3) is 0.231. The van der Waals surface area contributed by atoms with Crippen LogP contribution in [0.2, 0.25) is 0 Å². The Balaban J connectivity index is 1.67. The molecule has 0 atom stereocenters. The molecule has 0 saturated carbocycles. The minimum absolute atomic E-state index is 0.176. The number of fused-ring (bicyclic) bond motifs is 2. The summed E-state index contributed by atoms with van der Waals surface area (Å²) in [7, 11) is 0. The minimum Gasteiger partial charge on any atom is -0.333 e. The number of unbranched alkanes of at least 4 members (excludes halogenated alkanes) is 1. The van der Waals surface area contributed by atoms with Crippen molar-refractivity contribution < 1.29 is 14.0 Å². The molecule has 1 aliphatic heterocycles. The second-order valence-corrected chi connectivity index (χ2v) is 8.39. The molecule has 4 aromatic rings. The number of halogens is 1. The molecular weight excluding hydrogens is 435 g/mol. The first-order valence-electron chi connectivity index (χ1n) is 11.3. The normalized spacial score (nSPS) is 13.0. The number of carbonyl (C=O) groups excluding carboxylic acids is 2. The van der Waals surface area contributed by atoms with Crippen LogP contribution in [0.25, 0.3) is 16.9 Å². The molecule has 1 amide bonds. The van der Waals surface area contributed by atoms with E-state index in [-0.39, 0.29) is 36.0 Å². The third kappa shape index (κ3) is 3.71. The van der Waals surface area contributed by atoms with Crippen molar-refractivity contribution in [2.24, 2.45) is 0 Å². The second-order valence-electron chi connectivity index (χ2n) is 8.39. The number of ketones is 1. The zero-order valence-corrected chi connectivity index (χ0v) is 18.7. The second kappa shape index (κ2) is 8.70. The number of rotatable bonds is 7. The van der Waals surface area contributed by atoms with Crippen molar-refractivity contribution in [2.45, 2.75) is 32.9 Å². The summed E-state index contributed by atoms with van der Waals surface area (Å²) in [5.74, 6) is -0.999. The molecule has 0 radical (unpaired) electrons. The Morgan fingerprint density at radius 3 is 2.50 bits per heavy atom. The van der Waals surface area contributed by atoms with Crippen LogP contribution in [0.5, 0.6) is 0 Å². The lowest BCUT2D eigenvalue weighted by Crippen LogP contribution is -2.28. The lowest BCUT2D eigenvalue weighted by molar-refractivity contribution is 0.0768. The summed E-state index contributed by atoms with van der Waals surface area (Å²) in [4.78, 5) is 41.5. The molecule has 3 heterocycles. The smallest absolute Gasteiger partial charge is 0.280 e. The lowest BCUT2D eigenvalue weighted by Gasteiger charge is -2.15. The van der Waals surface area contributed by atoms with Gasteiger partial charge in [-0.15, -0.1) is 0 Å². The van der Waals surface area contributed by atoms with Crippen molar-refractivity contribution in [1.82, 2.24) is 19.1 Å². The molecule has 8 heteroatoms. The molecule has 2 aromatic carbocycles. The highest BCUT2D eigenvalue weighted by Crippen LogP contribution is 2.26. The monoisotopic (exact) mass is 458 g/mol. The van der Waals surface area contributed by atoms with Gasteiger partial charge in [0, 0.05) is 23.7 Å². The first-order valence-corrected chi connectivity index (χ1v) is 11.3. The van der Waals surface area contributed by atoms with Crippen LogP contribution in [0.1, 0.15) is 46.2 Å². The first-order chi connectivity index (χ1) is 16.5. The third-order valence-corrected chi connectivity index (χ3v) is 6.13. The van der Waals surface area contributed by atoms with Gasteiger partial charge in [0.1, 0.15) is 17.2 Å². The fourth-order valence-corrected chi connectivity index (χ4v) is 4.33. The molecule has 7 nitrogen and oxygen atoms in total. The van der Waals surface area contributed by atoms with Crippen LogP contribution in [0.4, 0.5) is 4.39 Å². The molecule has 0 unspecified atom stereocenters.